The normalized spacial score (nSPS) is 11.8. The molecule has 2 aromatic rings. The monoisotopic (exact) mass is 422 g/mol. The number of ether oxygens (including phenoxy) is 1. The van der Waals surface area contributed by atoms with Crippen LogP contribution in [0.15, 0.2) is 42.5 Å². The van der Waals surface area contributed by atoms with Crippen LogP contribution in [0.2, 0.25) is 0 Å². The maximum atomic E-state index is 13.8. The Morgan fingerprint density at radius 2 is 1.63 bits per heavy atom. The van der Waals surface area contributed by atoms with Crippen LogP contribution >= 0.6 is 0 Å². The van der Waals surface area contributed by atoms with Gasteiger partial charge in [-0.25, -0.2) is 13.2 Å². The molecule has 0 heterocycles. The lowest BCUT2D eigenvalue weighted by Gasteiger charge is -2.27. The summed E-state index contributed by atoms with van der Waals surface area (Å²) < 4.78 is 46.1. The molecular formula is C22H25F3N2O3. The van der Waals surface area contributed by atoms with Crippen molar-refractivity contribution in [3.05, 3.63) is 65.5 Å². The van der Waals surface area contributed by atoms with Crippen LogP contribution < -0.4 is 10.1 Å². The maximum absolute atomic E-state index is 13.8. The third-order valence-electron chi connectivity index (χ3n) is 4.51. The molecule has 2 amide bonds. The number of benzene rings is 2. The van der Waals surface area contributed by atoms with Crippen molar-refractivity contribution in [1.82, 2.24) is 10.2 Å². The number of likely N-dealkylation sites (N-methyl/N-ethyl adjacent to an activating group) is 1. The summed E-state index contributed by atoms with van der Waals surface area (Å²) in [5.41, 5.74) is -0.716. The van der Waals surface area contributed by atoms with E-state index in [-0.39, 0.29) is 17.6 Å². The van der Waals surface area contributed by atoms with Gasteiger partial charge in [-0.3, -0.25) is 9.59 Å². The highest BCUT2D eigenvalue weighted by molar-refractivity contribution is 5.98. The first-order valence-corrected chi connectivity index (χ1v) is 9.59. The number of carbonyl (C=O) groups is 2. The van der Waals surface area contributed by atoms with E-state index in [1.54, 1.807) is 20.9 Å². The Kier molecular flexibility index (Phi) is 8.26. The van der Waals surface area contributed by atoms with Gasteiger partial charge in [0.1, 0.15) is 34.8 Å². The lowest BCUT2D eigenvalue weighted by molar-refractivity contribution is -0.133. The van der Waals surface area contributed by atoms with E-state index in [9.17, 15) is 22.8 Å². The van der Waals surface area contributed by atoms with E-state index in [1.165, 1.54) is 29.2 Å². The predicted octanol–water partition coefficient (Wildman–Crippen LogP) is 3.79. The third-order valence-corrected chi connectivity index (χ3v) is 4.51. The number of halogens is 3. The minimum Gasteiger partial charge on any atom is -0.494 e. The molecule has 2 aromatic carbocycles. The van der Waals surface area contributed by atoms with Gasteiger partial charge >= 0.3 is 0 Å². The molecule has 0 saturated heterocycles. The summed E-state index contributed by atoms with van der Waals surface area (Å²) in [5.74, 6) is -3.48. The number of amides is 2. The fourth-order valence-electron chi connectivity index (χ4n) is 2.81. The molecule has 0 aromatic heterocycles. The van der Waals surface area contributed by atoms with Crippen molar-refractivity contribution in [3.8, 4) is 5.75 Å². The topological polar surface area (TPSA) is 58.6 Å². The molecule has 1 atom stereocenters. The molecule has 0 aliphatic carbocycles. The van der Waals surface area contributed by atoms with Crippen LogP contribution in [-0.4, -0.2) is 43.0 Å². The van der Waals surface area contributed by atoms with E-state index in [0.29, 0.717) is 25.3 Å². The van der Waals surface area contributed by atoms with Gasteiger partial charge in [0.25, 0.3) is 5.91 Å². The summed E-state index contributed by atoms with van der Waals surface area (Å²) in [6.45, 7) is 4.10. The zero-order chi connectivity index (χ0) is 22.3. The highest BCUT2D eigenvalue weighted by atomic mass is 19.1. The van der Waals surface area contributed by atoms with E-state index in [4.69, 9.17) is 4.74 Å². The van der Waals surface area contributed by atoms with Crippen LogP contribution in [-0.2, 0) is 4.79 Å². The van der Waals surface area contributed by atoms with Gasteiger partial charge in [0.2, 0.25) is 5.91 Å². The molecule has 30 heavy (non-hydrogen) atoms. The molecule has 0 spiro atoms. The lowest BCUT2D eigenvalue weighted by Crippen LogP contribution is -2.50. The fourth-order valence-corrected chi connectivity index (χ4v) is 2.81. The second-order valence-corrected chi connectivity index (χ2v) is 7.21. The molecule has 1 unspecified atom stereocenters. The Morgan fingerprint density at radius 1 is 1.03 bits per heavy atom. The van der Waals surface area contributed by atoms with Gasteiger partial charge in [-0.2, -0.15) is 0 Å². The van der Waals surface area contributed by atoms with Crippen molar-refractivity contribution in [2.75, 3.05) is 20.2 Å². The summed E-state index contributed by atoms with van der Waals surface area (Å²) in [6.07, 6.45) is 0.500. The number of hydrogen-bond acceptors (Lipinski definition) is 3. The minimum atomic E-state index is -0.992. The van der Waals surface area contributed by atoms with Crippen LogP contribution in [0.4, 0.5) is 13.2 Å². The first-order valence-electron chi connectivity index (χ1n) is 9.59. The summed E-state index contributed by atoms with van der Waals surface area (Å²) >= 11 is 0. The van der Waals surface area contributed by atoms with E-state index < -0.39 is 29.1 Å². The molecule has 2 rings (SSSR count). The number of hydrogen-bond donors (Lipinski definition) is 1. The Hall–Kier alpha value is -3.03. The van der Waals surface area contributed by atoms with Crippen molar-refractivity contribution in [2.24, 2.45) is 5.92 Å². The zero-order valence-corrected chi connectivity index (χ0v) is 17.1. The Balaban J connectivity index is 1.92. The quantitative estimate of drug-likeness (QED) is 0.626. The average Bonchev–Trinajstić information content (AvgIpc) is 2.69. The highest BCUT2D eigenvalue weighted by Gasteiger charge is 2.29. The smallest absolute Gasteiger partial charge is 0.257 e. The first kappa shape index (κ1) is 23.3. The highest BCUT2D eigenvalue weighted by Crippen LogP contribution is 2.14. The van der Waals surface area contributed by atoms with Crippen LogP contribution in [0, 0.1) is 23.4 Å². The molecule has 0 aliphatic rings. The molecule has 0 bridgehead atoms. The Morgan fingerprint density at radius 3 is 2.20 bits per heavy atom. The van der Waals surface area contributed by atoms with Crippen molar-refractivity contribution in [2.45, 2.75) is 26.3 Å². The number of nitrogens with zero attached hydrogens (tertiary/aromatic N) is 1. The standard InChI is InChI=1S/C22H25F3N2O3/c1-14(2)20(26-21(28)19-17(24)6-4-7-18(19)25)22(29)27(3)12-5-13-30-16-10-8-15(23)9-11-16/h4,6-11,14,20H,5,12-13H2,1-3H3,(H,26,28). The van der Waals surface area contributed by atoms with Crippen molar-refractivity contribution in [1.29, 1.82) is 0 Å². The van der Waals surface area contributed by atoms with Crippen LogP contribution in [0.5, 0.6) is 5.75 Å². The second kappa shape index (κ2) is 10.7. The molecule has 0 saturated carbocycles. The van der Waals surface area contributed by atoms with Gasteiger partial charge < -0.3 is 15.0 Å². The Labute approximate surface area is 173 Å². The van der Waals surface area contributed by atoms with E-state index in [2.05, 4.69) is 5.32 Å². The lowest BCUT2D eigenvalue weighted by atomic mass is 10.0. The second-order valence-electron chi connectivity index (χ2n) is 7.21. The van der Waals surface area contributed by atoms with E-state index in [0.717, 1.165) is 18.2 Å². The van der Waals surface area contributed by atoms with Crippen molar-refractivity contribution < 1.29 is 27.5 Å². The molecule has 162 valence electrons. The zero-order valence-electron chi connectivity index (χ0n) is 17.1. The molecule has 8 heteroatoms. The molecule has 5 nitrogen and oxygen atoms in total. The minimum absolute atomic E-state index is 0.297. The van der Waals surface area contributed by atoms with Crippen LogP contribution in [0.25, 0.3) is 0 Å². The third kappa shape index (κ3) is 6.23. The molecule has 0 aliphatic heterocycles. The predicted molar refractivity (Wildman–Crippen MR) is 107 cm³/mol. The first-order chi connectivity index (χ1) is 14.2. The summed E-state index contributed by atoms with van der Waals surface area (Å²) in [7, 11) is 1.57. The Bertz CT molecular complexity index is 852. The molecular weight excluding hydrogens is 397 g/mol. The molecule has 1 N–H and O–H groups in total. The summed E-state index contributed by atoms with van der Waals surface area (Å²) in [6, 6.07) is 7.79. The molecule has 0 fully saturated rings. The van der Waals surface area contributed by atoms with Gasteiger partial charge in [0.05, 0.1) is 6.61 Å². The summed E-state index contributed by atoms with van der Waals surface area (Å²) in [5, 5.41) is 2.44. The van der Waals surface area contributed by atoms with Crippen LogP contribution in [0.3, 0.4) is 0 Å². The SMILES string of the molecule is CC(C)C(NC(=O)c1c(F)cccc1F)C(=O)N(C)CCCOc1ccc(F)cc1. The van der Waals surface area contributed by atoms with Gasteiger partial charge in [0.15, 0.2) is 0 Å². The molecule has 0 radical (unpaired) electrons. The van der Waals surface area contributed by atoms with Gasteiger partial charge in [-0.15, -0.1) is 0 Å². The van der Waals surface area contributed by atoms with Crippen molar-refractivity contribution in [3.63, 3.8) is 0 Å². The summed E-state index contributed by atoms with van der Waals surface area (Å²) in [4.78, 5) is 26.6. The van der Waals surface area contributed by atoms with Gasteiger partial charge in [0, 0.05) is 13.6 Å². The number of nitrogens with one attached hydrogen (secondary N) is 1. The van der Waals surface area contributed by atoms with Crippen LogP contribution in [0.1, 0.15) is 30.6 Å². The van der Waals surface area contributed by atoms with Crippen molar-refractivity contribution >= 4 is 11.8 Å². The van der Waals surface area contributed by atoms with Gasteiger partial charge in [-0.1, -0.05) is 19.9 Å². The van der Waals surface area contributed by atoms with Gasteiger partial charge in [-0.05, 0) is 48.7 Å². The van der Waals surface area contributed by atoms with E-state index in [1.807, 2.05) is 0 Å². The number of carbonyl (C=O) groups excluding carboxylic acids is 2. The number of rotatable bonds is 9. The van der Waals surface area contributed by atoms with E-state index >= 15 is 0 Å². The fraction of sp³-hybridized carbons (Fsp3) is 0.364. The maximum Gasteiger partial charge on any atom is 0.257 e. The largest absolute Gasteiger partial charge is 0.494 e. The average molecular weight is 422 g/mol.